The number of halogens is 1. The number of carboxylic acid groups (broad SMARTS) is 3. The Morgan fingerprint density at radius 1 is 0.833 bits per heavy atom. The van der Waals surface area contributed by atoms with Gasteiger partial charge < -0.3 is 25.7 Å². The van der Waals surface area contributed by atoms with Gasteiger partial charge >= 0.3 is 17.9 Å². The summed E-state index contributed by atoms with van der Waals surface area (Å²) in [7, 11) is 0. The van der Waals surface area contributed by atoms with Gasteiger partial charge in [-0.05, 0) is 54.5 Å². The molecule has 0 bridgehead atoms. The van der Waals surface area contributed by atoms with Crippen LogP contribution in [0.5, 0.6) is 0 Å². The third kappa shape index (κ3) is 13.8. The Bertz CT molecular complexity index is 1390. The molecule has 0 aliphatic carbocycles. The van der Waals surface area contributed by atoms with Crippen LogP contribution in [0.1, 0.15) is 96.0 Å². The third-order valence-electron chi connectivity index (χ3n) is 8.22. The molecule has 2 aromatic rings. The second kappa shape index (κ2) is 20.8. The summed E-state index contributed by atoms with van der Waals surface area (Å²) in [5, 5.41) is 42.1. The van der Waals surface area contributed by atoms with Crippen molar-refractivity contribution in [2.75, 3.05) is 0 Å². The molecule has 262 valence electrons. The topological polar surface area (TPSA) is 178 Å². The molecule has 5 N–H and O–H groups in total. The molecule has 2 aromatic carbocycles. The molecule has 1 amide bonds. The van der Waals surface area contributed by atoms with E-state index >= 15 is 0 Å². The first-order chi connectivity index (χ1) is 22.9. The molecule has 0 saturated carbocycles. The highest BCUT2D eigenvalue weighted by Crippen LogP contribution is 2.26. The maximum Gasteiger partial charge on any atom is 0.337 e. The first kappa shape index (κ1) is 39.8. The number of hydrogen-bond acceptors (Lipinski definition) is 6. The molecule has 0 aliphatic heterocycles. The van der Waals surface area contributed by atoms with Crippen LogP contribution in [-0.2, 0) is 30.4 Å². The fourth-order valence-electron chi connectivity index (χ4n) is 5.43. The number of unbranched alkanes of at least 4 members (excludes halogenated alkanes) is 8. The highest BCUT2D eigenvalue weighted by molar-refractivity contribution is 5.94. The molecule has 0 unspecified atom stereocenters. The zero-order valence-corrected chi connectivity index (χ0v) is 27.5. The van der Waals surface area contributed by atoms with Crippen LogP contribution in [0.3, 0.4) is 0 Å². The second-order valence-electron chi connectivity index (χ2n) is 12.2. The summed E-state index contributed by atoms with van der Waals surface area (Å²) in [4.78, 5) is 61.0. The average molecular weight is 670 g/mol. The largest absolute Gasteiger partial charge is 0.481 e. The molecule has 48 heavy (non-hydrogen) atoms. The van der Waals surface area contributed by atoms with Gasteiger partial charge in [0, 0.05) is 19.3 Å². The minimum absolute atomic E-state index is 0.202. The van der Waals surface area contributed by atoms with Crippen LogP contribution >= 0.6 is 0 Å². The molecule has 0 fully saturated rings. The normalized spacial score (nSPS) is 13.8. The first-order valence-corrected chi connectivity index (χ1v) is 16.6. The molecule has 3 atom stereocenters. The molecular formula is C37H48FNO9. The van der Waals surface area contributed by atoms with Crippen LogP contribution in [0.25, 0.3) is 11.1 Å². The van der Waals surface area contributed by atoms with E-state index in [0.717, 1.165) is 51.0 Å². The van der Waals surface area contributed by atoms with Crippen molar-refractivity contribution in [3.8, 4) is 11.1 Å². The highest BCUT2D eigenvalue weighted by atomic mass is 19.1. The van der Waals surface area contributed by atoms with Gasteiger partial charge in [0.1, 0.15) is 17.6 Å². The van der Waals surface area contributed by atoms with Crippen molar-refractivity contribution in [1.29, 1.82) is 0 Å². The number of carboxylic acids is 3. The minimum Gasteiger partial charge on any atom is -0.481 e. The number of Topliss-reactive ketones (excluding diaryl/α,β-unsaturated/α-hetero) is 1. The van der Waals surface area contributed by atoms with Gasteiger partial charge in [-0.15, -0.1) is 0 Å². The molecule has 0 aromatic heterocycles. The number of allylic oxidation sites excluding steroid dienone is 1. The number of amides is 1. The van der Waals surface area contributed by atoms with Crippen molar-refractivity contribution in [3.63, 3.8) is 0 Å². The van der Waals surface area contributed by atoms with E-state index in [4.69, 9.17) is 0 Å². The van der Waals surface area contributed by atoms with Gasteiger partial charge in [-0.1, -0.05) is 94.0 Å². The molecular weight excluding hydrogens is 621 g/mol. The minimum atomic E-state index is -3.04. The van der Waals surface area contributed by atoms with Gasteiger partial charge in [0.25, 0.3) is 0 Å². The summed E-state index contributed by atoms with van der Waals surface area (Å²) >= 11 is 0. The molecule has 10 nitrogen and oxygen atoms in total. The van der Waals surface area contributed by atoms with Gasteiger partial charge in [-0.2, -0.15) is 0 Å². The predicted octanol–water partition coefficient (Wildman–Crippen LogP) is 6.34. The van der Waals surface area contributed by atoms with Crippen LogP contribution in [-0.4, -0.2) is 61.7 Å². The van der Waals surface area contributed by atoms with E-state index in [1.54, 1.807) is 36.4 Å². The van der Waals surface area contributed by atoms with Gasteiger partial charge in [0.15, 0.2) is 5.60 Å². The standard InChI is InChI=1S/C37H48FNO9/c1-2-3-4-7-10-16-30(40)17-11-8-5-6-9-12-18-31(37(48,36(46)47)25-33(41)42)34(43)39-32(35(44)45)23-26-19-21-27(22-20-26)28-14-13-15-29(38)24-28/h12-15,18-22,24,31-32,48H,2-11,16-17,23,25H2,1H3,(H,39,43)(H,41,42)(H,44,45)(H,46,47)/b18-12+/t31-,32+,37+/m1/s1. The molecule has 0 heterocycles. The fourth-order valence-corrected chi connectivity index (χ4v) is 5.43. The Hall–Kier alpha value is -4.38. The Morgan fingerprint density at radius 2 is 1.46 bits per heavy atom. The van der Waals surface area contributed by atoms with Crippen LogP contribution in [0, 0.1) is 11.7 Å². The fraction of sp³-hybridized carbons (Fsp3) is 0.486. The number of aliphatic carboxylic acids is 3. The maximum absolute atomic E-state index is 13.6. The number of ketones is 1. The summed E-state index contributed by atoms with van der Waals surface area (Å²) in [6.45, 7) is 2.14. The number of carbonyl (C=O) groups is 5. The van der Waals surface area contributed by atoms with E-state index < -0.39 is 53.6 Å². The van der Waals surface area contributed by atoms with Crippen molar-refractivity contribution in [2.45, 2.75) is 108 Å². The molecule has 2 rings (SSSR count). The van der Waals surface area contributed by atoms with Gasteiger partial charge in [0.05, 0.1) is 12.3 Å². The number of aliphatic hydroxyl groups is 1. The van der Waals surface area contributed by atoms with Crippen LogP contribution in [0.15, 0.2) is 60.7 Å². The SMILES string of the molecule is CCCCCCCC(=O)CCCCCC/C=C/[C@H](C(=O)N[C@@H](Cc1ccc(-c2cccc(F)c2)cc1)C(=O)O)[C@@](O)(CC(=O)O)C(=O)O. The lowest BCUT2D eigenvalue weighted by molar-refractivity contribution is -0.172. The lowest BCUT2D eigenvalue weighted by Crippen LogP contribution is -2.55. The van der Waals surface area contributed by atoms with Gasteiger partial charge in [-0.3, -0.25) is 14.4 Å². The Kier molecular flexibility index (Phi) is 17.2. The van der Waals surface area contributed by atoms with Gasteiger partial charge in [0.2, 0.25) is 5.91 Å². The molecule has 0 spiro atoms. The number of carbonyl (C=O) groups excluding carboxylic acids is 2. The van der Waals surface area contributed by atoms with Crippen LogP contribution in [0.4, 0.5) is 4.39 Å². The second-order valence-corrected chi connectivity index (χ2v) is 12.2. The van der Waals surface area contributed by atoms with E-state index in [0.29, 0.717) is 42.4 Å². The zero-order valence-electron chi connectivity index (χ0n) is 27.5. The van der Waals surface area contributed by atoms with Crippen molar-refractivity contribution < 1.29 is 48.8 Å². The molecule has 0 saturated heterocycles. The highest BCUT2D eigenvalue weighted by Gasteiger charge is 2.49. The van der Waals surface area contributed by atoms with Crippen molar-refractivity contribution in [1.82, 2.24) is 5.32 Å². The third-order valence-corrected chi connectivity index (χ3v) is 8.22. The first-order valence-electron chi connectivity index (χ1n) is 16.6. The summed E-state index contributed by atoms with van der Waals surface area (Å²) in [5.41, 5.74) is -1.24. The van der Waals surface area contributed by atoms with Crippen molar-refractivity contribution in [3.05, 3.63) is 72.1 Å². The number of benzene rings is 2. The molecule has 0 aliphatic rings. The van der Waals surface area contributed by atoms with Crippen LogP contribution < -0.4 is 5.32 Å². The Labute approximate surface area is 281 Å². The average Bonchev–Trinajstić information content (AvgIpc) is 3.03. The van der Waals surface area contributed by atoms with E-state index in [1.165, 1.54) is 24.6 Å². The van der Waals surface area contributed by atoms with Crippen molar-refractivity contribution >= 4 is 29.6 Å². The van der Waals surface area contributed by atoms with E-state index in [-0.39, 0.29) is 12.2 Å². The maximum atomic E-state index is 13.6. The van der Waals surface area contributed by atoms with E-state index in [1.807, 2.05) is 0 Å². The zero-order chi connectivity index (χ0) is 35.5. The lowest BCUT2D eigenvalue weighted by Gasteiger charge is -2.29. The van der Waals surface area contributed by atoms with E-state index in [9.17, 15) is 48.8 Å². The summed E-state index contributed by atoms with van der Waals surface area (Å²) in [6.07, 6.45) is 11.0. The summed E-state index contributed by atoms with van der Waals surface area (Å²) < 4.78 is 13.6. The number of nitrogens with one attached hydrogen (secondary N) is 1. The smallest absolute Gasteiger partial charge is 0.337 e. The predicted molar refractivity (Wildman–Crippen MR) is 179 cm³/mol. The summed E-state index contributed by atoms with van der Waals surface area (Å²) in [5.74, 6) is -8.24. The lowest BCUT2D eigenvalue weighted by atomic mass is 9.82. The van der Waals surface area contributed by atoms with Gasteiger partial charge in [-0.25, -0.2) is 14.0 Å². The van der Waals surface area contributed by atoms with E-state index in [2.05, 4.69) is 12.2 Å². The molecule has 0 radical (unpaired) electrons. The Morgan fingerprint density at radius 3 is 2.02 bits per heavy atom. The monoisotopic (exact) mass is 669 g/mol. The Balaban J connectivity index is 2.03. The summed E-state index contributed by atoms with van der Waals surface area (Å²) in [6, 6.07) is 11.0. The molecule has 11 heteroatoms. The van der Waals surface area contributed by atoms with Crippen LogP contribution in [0.2, 0.25) is 0 Å². The van der Waals surface area contributed by atoms with Crippen molar-refractivity contribution in [2.24, 2.45) is 5.92 Å². The number of rotatable bonds is 24. The quantitative estimate of drug-likeness (QED) is 0.0630. The number of hydrogen-bond donors (Lipinski definition) is 5.